The number of amides is 1. The first-order chi connectivity index (χ1) is 8.70. The number of nitrogens with two attached hydrogens (primary N) is 1. The first kappa shape index (κ1) is 11.7. The number of rotatable bonds is 4. The minimum Gasteiger partial charge on any atom is -0.366 e. The van der Waals surface area contributed by atoms with Crippen LogP contribution in [0.4, 0.5) is 0 Å². The standard InChI is InChI=1S/C15H20N2O/c16-14(18)12-3-5-13(6-4-12)15(7-8-15)11-17-9-1-2-10-17/h3-6H,1-2,7-11H2,(H2,16,18). The molecule has 1 saturated heterocycles. The number of carbonyl (C=O) groups is 1. The normalized spacial score (nSPS) is 22.0. The number of primary amides is 1. The highest BCUT2D eigenvalue weighted by Crippen LogP contribution is 2.49. The lowest BCUT2D eigenvalue weighted by atomic mass is 9.94. The van der Waals surface area contributed by atoms with Crippen molar-refractivity contribution >= 4 is 5.91 Å². The van der Waals surface area contributed by atoms with Crippen LogP contribution in [0.15, 0.2) is 24.3 Å². The fraction of sp³-hybridized carbons (Fsp3) is 0.533. The van der Waals surface area contributed by atoms with Gasteiger partial charge in [-0.15, -0.1) is 0 Å². The molecule has 0 radical (unpaired) electrons. The van der Waals surface area contributed by atoms with Crippen molar-refractivity contribution in [3.63, 3.8) is 0 Å². The van der Waals surface area contributed by atoms with E-state index in [9.17, 15) is 4.79 Å². The van der Waals surface area contributed by atoms with Gasteiger partial charge in [0.05, 0.1) is 0 Å². The molecule has 3 rings (SSSR count). The van der Waals surface area contributed by atoms with Gasteiger partial charge in [-0.05, 0) is 56.5 Å². The molecule has 0 aromatic heterocycles. The van der Waals surface area contributed by atoms with Crippen LogP contribution in [0.3, 0.4) is 0 Å². The van der Waals surface area contributed by atoms with E-state index in [2.05, 4.69) is 17.0 Å². The number of hydrogen-bond acceptors (Lipinski definition) is 2. The molecule has 1 heterocycles. The molecule has 96 valence electrons. The summed E-state index contributed by atoms with van der Waals surface area (Å²) < 4.78 is 0. The minimum absolute atomic E-state index is 0.342. The Morgan fingerprint density at radius 1 is 1.17 bits per heavy atom. The maximum absolute atomic E-state index is 11.1. The highest BCUT2D eigenvalue weighted by molar-refractivity contribution is 5.92. The van der Waals surface area contributed by atoms with E-state index in [4.69, 9.17) is 5.73 Å². The molecule has 2 fully saturated rings. The van der Waals surface area contributed by atoms with E-state index in [-0.39, 0.29) is 5.91 Å². The molecule has 3 heteroatoms. The maximum atomic E-state index is 11.1. The van der Waals surface area contributed by atoms with Gasteiger partial charge in [0.2, 0.25) is 5.91 Å². The van der Waals surface area contributed by atoms with Crippen LogP contribution in [0.2, 0.25) is 0 Å². The van der Waals surface area contributed by atoms with Crippen molar-refractivity contribution in [1.29, 1.82) is 0 Å². The van der Waals surface area contributed by atoms with Crippen LogP contribution in [-0.2, 0) is 5.41 Å². The Morgan fingerprint density at radius 2 is 1.78 bits per heavy atom. The molecule has 0 atom stereocenters. The molecule has 2 N–H and O–H groups in total. The Morgan fingerprint density at radius 3 is 2.28 bits per heavy atom. The van der Waals surface area contributed by atoms with Crippen molar-refractivity contribution in [2.75, 3.05) is 19.6 Å². The van der Waals surface area contributed by atoms with Gasteiger partial charge >= 0.3 is 0 Å². The largest absolute Gasteiger partial charge is 0.366 e. The predicted octanol–water partition coefficient (Wildman–Crippen LogP) is 1.91. The van der Waals surface area contributed by atoms with Gasteiger partial charge in [0.15, 0.2) is 0 Å². The van der Waals surface area contributed by atoms with Crippen LogP contribution in [-0.4, -0.2) is 30.4 Å². The summed E-state index contributed by atoms with van der Waals surface area (Å²) in [6.45, 7) is 3.69. The van der Waals surface area contributed by atoms with Gasteiger partial charge in [-0.25, -0.2) is 0 Å². The second-order valence-electron chi connectivity index (χ2n) is 5.71. The third kappa shape index (κ3) is 2.15. The lowest BCUT2D eigenvalue weighted by Gasteiger charge is -2.23. The zero-order valence-electron chi connectivity index (χ0n) is 10.7. The van der Waals surface area contributed by atoms with E-state index in [1.54, 1.807) is 0 Å². The van der Waals surface area contributed by atoms with Gasteiger partial charge < -0.3 is 10.6 Å². The summed E-state index contributed by atoms with van der Waals surface area (Å²) in [5, 5.41) is 0. The van der Waals surface area contributed by atoms with Gasteiger partial charge in [0.25, 0.3) is 0 Å². The van der Waals surface area contributed by atoms with Crippen LogP contribution < -0.4 is 5.73 Å². The van der Waals surface area contributed by atoms with E-state index in [0.29, 0.717) is 11.0 Å². The molecular formula is C15H20N2O. The Kier molecular flexibility index (Phi) is 2.86. The summed E-state index contributed by atoms with van der Waals surface area (Å²) in [5.74, 6) is -0.342. The van der Waals surface area contributed by atoms with Crippen molar-refractivity contribution in [3.05, 3.63) is 35.4 Å². The average molecular weight is 244 g/mol. The van der Waals surface area contributed by atoms with E-state index in [1.807, 2.05) is 12.1 Å². The summed E-state index contributed by atoms with van der Waals surface area (Å²) in [7, 11) is 0. The van der Waals surface area contributed by atoms with Gasteiger partial charge in [-0.3, -0.25) is 4.79 Å². The molecule has 0 bridgehead atoms. The summed E-state index contributed by atoms with van der Waals surface area (Å²) in [5.41, 5.74) is 7.62. The lowest BCUT2D eigenvalue weighted by Crippen LogP contribution is -2.30. The highest BCUT2D eigenvalue weighted by Gasteiger charge is 2.45. The van der Waals surface area contributed by atoms with E-state index >= 15 is 0 Å². The van der Waals surface area contributed by atoms with Gasteiger partial charge in [0.1, 0.15) is 0 Å². The molecule has 1 amide bonds. The molecule has 1 aliphatic heterocycles. The molecular weight excluding hydrogens is 224 g/mol. The van der Waals surface area contributed by atoms with Crippen LogP contribution in [0.1, 0.15) is 41.6 Å². The van der Waals surface area contributed by atoms with Crippen molar-refractivity contribution < 1.29 is 4.79 Å². The number of likely N-dealkylation sites (tertiary alicyclic amines) is 1. The maximum Gasteiger partial charge on any atom is 0.248 e. The predicted molar refractivity (Wildman–Crippen MR) is 71.5 cm³/mol. The molecule has 1 aliphatic carbocycles. The Bertz CT molecular complexity index is 442. The second kappa shape index (κ2) is 4.39. The molecule has 0 spiro atoms. The zero-order valence-corrected chi connectivity index (χ0v) is 10.7. The first-order valence-electron chi connectivity index (χ1n) is 6.82. The van der Waals surface area contributed by atoms with Crippen LogP contribution in [0.25, 0.3) is 0 Å². The Labute approximate surface area is 108 Å². The minimum atomic E-state index is -0.342. The quantitative estimate of drug-likeness (QED) is 0.879. The Hall–Kier alpha value is -1.35. The summed E-state index contributed by atoms with van der Waals surface area (Å²) in [6, 6.07) is 7.90. The molecule has 18 heavy (non-hydrogen) atoms. The van der Waals surface area contributed by atoms with Crippen LogP contribution in [0, 0.1) is 0 Å². The number of nitrogens with zero attached hydrogens (tertiary/aromatic N) is 1. The van der Waals surface area contributed by atoms with Gasteiger partial charge in [-0.2, -0.15) is 0 Å². The fourth-order valence-corrected chi connectivity index (χ4v) is 3.05. The van der Waals surface area contributed by atoms with Crippen molar-refractivity contribution in [2.45, 2.75) is 31.1 Å². The number of benzene rings is 1. The fourth-order valence-electron chi connectivity index (χ4n) is 3.05. The number of carbonyl (C=O) groups excluding carboxylic acids is 1. The average Bonchev–Trinajstić information content (AvgIpc) is 2.97. The smallest absolute Gasteiger partial charge is 0.248 e. The van der Waals surface area contributed by atoms with Crippen molar-refractivity contribution in [3.8, 4) is 0 Å². The number of hydrogen-bond donors (Lipinski definition) is 1. The topological polar surface area (TPSA) is 46.3 Å². The third-order valence-electron chi connectivity index (χ3n) is 4.36. The molecule has 2 aliphatic rings. The van der Waals surface area contributed by atoms with Crippen LogP contribution >= 0.6 is 0 Å². The monoisotopic (exact) mass is 244 g/mol. The van der Waals surface area contributed by atoms with Gasteiger partial charge in [-0.1, -0.05) is 12.1 Å². The molecule has 1 aromatic rings. The van der Waals surface area contributed by atoms with E-state index in [1.165, 1.54) is 50.9 Å². The summed E-state index contributed by atoms with van der Waals surface area (Å²) in [6.07, 6.45) is 5.24. The summed E-state index contributed by atoms with van der Waals surface area (Å²) in [4.78, 5) is 13.6. The zero-order chi connectivity index (χ0) is 12.6. The highest BCUT2D eigenvalue weighted by atomic mass is 16.1. The third-order valence-corrected chi connectivity index (χ3v) is 4.36. The van der Waals surface area contributed by atoms with Crippen LogP contribution in [0.5, 0.6) is 0 Å². The molecule has 1 saturated carbocycles. The lowest BCUT2D eigenvalue weighted by molar-refractivity contribution is 0.100. The molecule has 0 unspecified atom stereocenters. The van der Waals surface area contributed by atoms with Gasteiger partial charge in [0, 0.05) is 17.5 Å². The van der Waals surface area contributed by atoms with Crippen molar-refractivity contribution in [1.82, 2.24) is 4.90 Å². The first-order valence-corrected chi connectivity index (χ1v) is 6.82. The van der Waals surface area contributed by atoms with Crippen molar-refractivity contribution in [2.24, 2.45) is 5.73 Å². The SMILES string of the molecule is NC(=O)c1ccc(C2(CN3CCCC3)CC2)cc1. The molecule has 1 aromatic carbocycles. The summed E-state index contributed by atoms with van der Waals surface area (Å²) >= 11 is 0. The molecule has 3 nitrogen and oxygen atoms in total. The second-order valence-corrected chi connectivity index (χ2v) is 5.71. The van der Waals surface area contributed by atoms with E-state index < -0.39 is 0 Å². The van der Waals surface area contributed by atoms with E-state index in [0.717, 1.165) is 0 Å². The Balaban J connectivity index is 1.74.